The quantitative estimate of drug-likeness (QED) is 0.319. The molecule has 3 aromatic carbocycles. The first kappa shape index (κ1) is 22.8. The van der Waals surface area contributed by atoms with E-state index in [0.717, 1.165) is 48.0 Å². The monoisotopic (exact) mass is 496 g/mol. The molecule has 34 heavy (non-hydrogen) atoms. The fourth-order valence-electron chi connectivity index (χ4n) is 4.40. The van der Waals surface area contributed by atoms with E-state index in [1.165, 1.54) is 17.7 Å². The number of hydrogen-bond donors (Lipinski definition) is 0. The van der Waals surface area contributed by atoms with Crippen molar-refractivity contribution in [2.24, 2.45) is 0 Å². The smallest absolute Gasteiger partial charge is 0.247 e. The number of nitrogens with zero attached hydrogens (tertiary/aromatic N) is 4. The maximum atomic E-state index is 13.8. The second-order valence-electron chi connectivity index (χ2n) is 8.33. The fraction of sp³-hybridized carbons (Fsp3) is 0.231. The first-order valence-corrected chi connectivity index (χ1v) is 11.8. The predicted molar refractivity (Wildman–Crippen MR) is 133 cm³/mol. The summed E-state index contributed by atoms with van der Waals surface area (Å²) in [5, 5.41) is 9.69. The Hall–Kier alpha value is -2.93. The van der Waals surface area contributed by atoms with E-state index in [1.54, 1.807) is 6.07 Å². The lowest BCUT2D eigenvalue weighted by Crippen LogP contribution is -2.48. The molecule has 174 valence electrons. The van der Waals surface area contributed by atoms with Crippen molar-refractivity contribution in [1.29, 1.82) is 0 Å². The molecule has 2 heterocycles. The summed E-state index contributed by atoms with van der Waals surface area (Å²) in [6.45, 7) is 5.12. The minimum Gasteiger partial charge on any atom is -0.419 e. The molecule has 0 saturated carbocycles. The van der Waals surface area contributed by atoms with Gasteiger partial charge < -0.3 is 9.32 Å². The number of aromatic nitrogens is 2. The third-order valence-electron chi connectivity index (χ3n) is 6.14. The normalized spacial score (nSPS) is 15.5. The van der Waals surface area contributed by atoms with Gasteiger partial charge in [0.2, 0.25) is 11.8 Å². The van der Waals surface area contributed by atoms with Gasteiger partial charge in [0.1, 0.15) is 11.9 Å². The lowest BCUT2D eigenvalue weighted by Gasteiger charge is -2.40. The molecule has 0 bridgehead atoms. The molecule has 1 aliphatic rings. The van der Waals surface area contributed by atoms with Crippen LogP contribution in [0.25, 0.3) is 11.5 Å². The minimum atomic E-state index is -0.388. The number of halogens is 3. The predicted octanol–water partition coefficient (Wildman–Crippen LogP) is 6.40. The van der Waals surface area contributed by atoms with Crippen LogP contribution in [0, 0.1) is 12.7 Å². The Morgan fingerprint density at radius 2 is 1.68 bits per heavy atom. The molecule has 1 fully saturated rings. The topological polar surface area (TPSA) is 45.4 Å². The maximum Gasteiger partial charge on any atom is 0.247 e. The van der Waals surface area contributed by atoms with Crippen LogP contribution in [0.15, 0.2) is 71.1 Å². The summed E-state index contributed by atoms with van der Waals surface area (Å²) >= 11 is 12.7. The van der Waals surface area contributed by atoms with Crippen LogP contribution >= 0.6 is 23.2 Å². The van der Waals surface area contributed by atoms with Gasteiger partial charge in [0.15, 0.2) is 0 Å². The molecule has 1 unspecified atom stereocenters. The summed E-state index contributed by atoms with van der Waals surface area (Å²) < 4.78 is 19.9. The average Bonchev–Trinajstić information content (AvgIpc) is 3.33. The number of anilines is 1. The lowest BCUT2D eigenvalue weighted by atomic mass is 10.0. The summed E-state index contributed by atoms with van der Waals surface area (Å²) in [5.74, 6) is 0.482. The Morgan fingerprint density at radius 3 is 2.41 bits per heavy atom. The van der Waals surface area contributed by atoms with Crippen LogP contribution in [0.3, 0.4) is 0 Å². The minimum absolute atomic E-state index is 0.331. The van der Waals surface area contributed by atoms with Gasteiger partial charge in [-0.2, -0.15) is 0 Å². The number of aryl methyl sites for hydroxylation is 1. The highest BCUT2D eigenvalue weighted by Gasteiger charge is 2.32. The second-order valence-corrected chi connectivity index (χ2v) is 9.18. The molecule has 5 nitrogen and oxygen atoms in total. The molecule has 0 N–H and O–H groups in total. The zero-order chi connectivity index (χ0) is 23.7. The number of piperazine rings is 1. The lowest BCUT2D eigenvalue weighted by molar-refractivity contribution is 0.188. The van der Waals surface area contributed by atoms with Gasteiger partial charge in [-0.05, 0) is 54.4 Å². The number of hydrogen-bond acceptors (Lipinski definition) is 5. The highest BCUT2D eigenvalue weighted by molar-refractivity contribution is 6.31. The van der Waals surface area contributed by atoms with E-state index in [-0.39, 0.29) is 11.9 Å². The molecule has 0 radical (unpaired) electrons. The van der Waals surface area contributed by atoms with Crippen LogP contribution in [0.1, 0.15) is 23.1 Å². The molecule has 1 saturated heterocycles. The van der Waals surface area contributed by atoms with E-state index in [0.29, 0.717) is 16.8 Å². The van der Waals surface area contributed by atoms with E-state index in [4.69, 9.17) is 27.6 Å². The first-order chi connectivity index (χ1) is 16.5. The highest BCUT2D eigenvalue weighted by Crippen LogP contribution is 2.36. The van der Waals surface area contributed by atoms with E-state index < -0.39 is 0 Å². The van der Waals surface area contributed by atoms with Crippen molar-refractivity contribution in [3.63, 3.8) is 0 Å². The first-order valence-electron chi connectivity index (χ1n) is 11.1. The van der Waals surface area contributed by atoms with Crippen LogP contribution in [0.4, 0.5) is 10.1 Å². The van der Waals surface area contributed by atoms with Gasteiger partial charge in [0, 0.05) is 47.5 Å². The van der Waals surface area contributed by atoms with Crippen molar-refractivity contribution in [2.45, 2.75) is 13.0 Å². The van der Waals surface area contributed by atoms with Crippen molar-refractivity contribution in [3.05, 3.63) is 99.6 Å². The largest absolute Gasteiger partial charge is 0.419 e. The molecule has 0 aliphatic carbocycles. The van der Waals surface area contributed by atoms with E-state index >= 15 is 0 Å². The Labute approximate surface area is 207 Å². The molecule has 1 aliphatic heterocycles. The molecule has 0 spiro atoms. The second kappa shape index (κ2) is 9.74. The molecule has 8 heteroatoms. The Morgan fingerprint density at radius 1 is 0.912 bits per heavy atom. The molecule has 4 aromatic rings. The van der Waals surface area contributed by atoms with Gasteiger partial charge in [0.05, 0.1) is 0 Å². The zero-order valence-electron chi connectivity index (χ0n) is 18.6. The van der Waals surface area contributed by atoms with Crippen molar-refractivity contribution < 1.29 is 8.81 Å². The average molecular weight is 497 g/mol. The van der Waals surface area contributed by atoms with E-state index in [9.17, 15) is 4.39 Å². The van der Waals surface area contributed by atoms with Crippen LogP contribution in [-0.2, 0) is 0 Å². The molecular formula is C26H23Cl2FN4O. The summed E-state index contributed by atoms with van der Waals surface area (Å²) in [7, 11) is 0. The SMILES string of the molecule is Cc1ccc(Cl)cc1N1CCN(C(c2nnc(-c3ccccc3)o2)c2ccc(F)cc2Cl)CC1. The third-order valence-corrected chi connectivity index (χ3v) is 6.71. The Kier molecular flexibility index (Phi) is 6.55. The summed E-state index contributed by atoms with van der Waals surface area (Å²) in [5.41, 5.74) is 3.89. The Balaban J connectivity index is 1.45. The van der Waals surface area contributed by atoms with E-state index in [1.807, 2.05) is 48.5 Å². The highest BCUT2D eigenvalue weighted by atomic mass is 35.5. The van der Waals surface area contributed by atoms with Crippen molar-refractivity contribution in [3.8, 4) is 11.5 Å². The summed E-state index contributed by atoms with van der Waals surface area (Å²) in [6, 6.07) is 19.6. The van der Waals surface area contributed by atoms with Crippen molar-refractivity contribution in [2.75, 3.05) is 31.1 Å². The van der Waals surface area contributed by atoms with Crippen molar-refractivity contribution in [1.82, 2.24) is 15.1 Å². The standard InChI is InChI=1S/C26H23Cl2FN4O/c1-17-7-8-19(27)15-23(17)32-11-13-33(14-12-32)24(21-10-9-20(29)16-22(21)28)26-31-30-25(34-26)18-5-3-2-4-6-18/h2-10,15-16,24H,11-14H2,1H3. The molecular weight excluding hydrogens is 474 g/mol. The van der Waals surface area contributed by atoms with Gasteiger partial charge in [-0.1, -0.05) is 53.5 Å². The Bertz CT molecular complexity index is 1290. The van der Waals surface area contributed by atoms with Gasteiger partial charge in [-0.15, -0.1) is 10.2 Å². The maximum absolute atomic E-state index is 13.8. The van der Waals surface area contributed by atoms with Crippen LogP contribution in [-0.4, -0.2) is 41.3 Å². The van der Waals surface area contributed by atoms with Gasteiger partial charge in [-0.25, -0.2) is 4.39 Å². The number of rotatable bonds is 5. The molecule has 1 atom stereocenters. The molecule has 1 aromatic heterocycles. The van der Waals surface area contributed by atoms with Crippen LogP contribution in [0.5, 0.6) is 0 Å². The van der Waals surface area contributed by atoms with Gasteiger partial charge in [-0.3, -0.25) is 4.90 Å². The summed E-state index contributed by atoms with van der Waals surface area (Å²) in [6.07, 6.45) is 0. The van der Waals surface area contributed by atoms with Crippen molar-refractivity contribution >= 4 is 28.9 Å². The van der Waals surface area contributed by atoms with Crippen LogP contribution < -0.4 is 4.90 Å². The molecule has 0 amide bonds. The third kappa shape index (κ3) is 4.67. The zero-order valence-corrected chi connectivity index (χ0v) is 20.1. The fourth-order valence-corrected chi connectivity index (χ4v) is 4.83. The number of benzene rings is 3. The van der Waals surface area contributed by atoms with E-state index in [2.05, 4.69) is 26.9 Å². The van der Waals surface area contributed by atoms with Gasteiger partial charge in [0.25, 0.3) is 0 Å². The van der Waals surface area contributed by atoms with Gasteiger partial charge >= 0.3 is 0 Å². The molecule has 5 rings (SSSR count). The van der Waals surface area contributed by atoms with Crippen LogP contribution in [0.2, 0.25) is 10.0 Å². The summed E-state index contributed by atoms with van der Waals surface area (Å²) in [4.78, 5) is 4.57.